The fraction of sp³-hybridized carbons (Fsp3) is 0.333. The summed E-state index contributed by atoms with van der Waals surface area (Å²) in [6.45, 7) is 0.997. The molecule has 7 nitrogen and oxygen atoms in total. The fourth-order valence-electron chi connectivity index (χ4n) is 1.19. The van der Waals surface area contributed by atoms with Crippen LogP contribution < -0.4 is 10.6 Å². The minimum absolute atomic E-state index is 0.0473. The first-order valence-electron chi connectivity index (χ1n) is 5.79. The molecule has 106 valence electrons. The summed E-state index contributed by atoms with van der Waals surface area (Å²) in [6, 6.07) is 1.81. The normalized spacial score (nSPS) is 10.8. The second-order valence-electron chi connectivity index (χ2n) is 3.64. The molecule has 0 saturated heterocycles. The average Bonchev–Trinajstić information content (AvgIpc) is 2.46. The van der Waals surface area contributed by atoms with Gasteiger partial charge in [0.05, 0.1) is 4.47 Å². The SMILES string of the molecule is COCCCNC(=O)/C(C#N)=C\Nc1ncc(Br)cn1. The summed E-state index contributed by atoms with van der Waals surface area (Å²) in [7, 11) is 1.59. The number of carbonyl (C=O) groups is 1. The largest absolute Gasteiger partial charge is 0.385 e. The van der Waals surface area contributed by atoms with E-state index in [0.717, 1.165) is 4.47 Å². The molecule has 0 radical (unpaired) electrons. The first-order valence-corrected chi connectivity index (χ1v) is 6.58. The van der Waals surface area contributed by atoms with E-state index < -0.39 is 5.91 Å². The molecular formula is C12H14BrN5O2. The smallest absolute Gasteiger partial charge is 0.263 e. The molecule has 2 N–H and O–H groups in total. The standard InChI is InChI=1S/C12H14BrN5O2/c1-20-4-2-3-15-11(19)9(5-14)6-16-12-17-7-10(13)8-18-12/h6-8H,2-4H2,1H3,(H,15,19)(H,16,17,18)/b9-6-. The molecule has 0 spiro atoms. The van der Waals surface area contributed by atoms with Gasteiger partial charge in [-0.2, -0.15) is 5.26 Å². The Hall–Kier alpha value is -1.98. The highest BCUT2D eigenvalue weighted by Gasteiger charge is 2.07. The second kappa shape index (κ2) is 9.01. The first kappa shape index (κ1) is 16.1. The Balaban J connectivity index is 2.52. The summed E-state index contributed by atoms with van der Waals surface area (Å²) < 4.78 is 5.60. The lowest BCUT2D eigenvalue weighted by molar-refractivity contribution is -0.117. The zero-order valence-corrected chi connectivity index (χ0v) is 12.5. The number of methoxy groups -OCH3 is 1. The Morgan fingerprint density at radius 1 is 1.55 bits per heavy atom. The lowest BCUT2D eigenvalue weighted by atomic mass is 10.3. The molecule has 20 heavy (non-hydrogen) atoms. The van der Waals surface area contributed by atoms with Crippen molar-refractivity contribution in [3.05, 3.63) is 28.6 Å². The third-order valence-corrected chi connectivity index (χ3v) is 2.55. The van der Waals surface area contributed by atoms with Crippen LogP contribution in [0.3, 0.4) is 0 Å². The van der Waals surface area contributed by atoms with Gasteiger partial charge in [-0.3, -0.25) is 4.79 Å². The Bertz CT molecular complexity index is 510. The molecule has 0 unspecified atom stereocenters. The van der Waals surface area contributed by atoms with Crippen molar-refractivity contribution in [3.63, 3.8) is 0 Å². The number of nitrogens with one attached hydrogen (secondary N) is 2. The number of nitriles is 1. The molecule has 0 aliphatic rings. The summed E-state index contributed by atoms with van der Waals surface area (Å²) in [4.78, 5) is 19.6. The highest BCUT2D eigenvalue weighted by atomic mass is 79.9. The number of aromatic nitrogens is 2. The molecule has 8 heteroatoms. The third kappa shape index (κ3) is 5.77. The van der Waals surface area contributed by atoms with Crippen LogP contribution in [0.2, 0.25) is 0 Å². The minimum Gasteiger partial charge on any atom is -0.385 e. The van der Waals surface area contributed by atoms with Crippen molar-refractivity contribution in [2.24, 2.45) is 0 Å². The number of amides is 1. The zero-order valence-electron chi connectivity index (χ0n) is 10.9. The average molecular weight is 340 g/mol. The van der Waals surface area contributed by atoms with Crippen LogP contribution in [-0.4, -0.2) is 36.1 Å². The van der Waals surface area contributed by atoms with Crippen LogP contribution >= 0.6 is 15.9 Å². The molecule has 0 atom stereocenters. The number of carbonyl (C=O) groups excluding carboxylic acids is 1. The molecule has 1 heterocycles. The van der Waals surface area contributed by atoms with Crippen molar-refractivity contribution in [1.29, 1.82) is 5.26 Å². The summed E-state index contributed by atoms with van der Waals surface area (Å²) in [6.07, 6.45) is 5.07. The molecule has 1 amide bonds. The molecule has 1 aromatic rings. The van der Waals surface area contributed by atoms with Crippen molar-refractivity contribution in [2.75, 3.05) is 25.6 Å². The van der Waals surface area contributed by atoms with Crippen molar-refractivity contribution in [3.8, 4) is 6.07 Å². The molecule has 0 aromatic carbocycles. The van der Waals surface area contributed by atoms with E-state index in [2.05, 4.69) is 36.5 Å². The van der Waals surface area contributed by atoms with Crippen LogP contribution in [0.15, 0.2) is 28.6 Å². The topological polar surface area (TPSA) is 99.9 Å². The van der Waals surface area contributed by atoms with Crippen molar-refractivity contribution in [1.82, 2.24) is 15.3 Å². The number of ether oxygens (including phenoxy) is 1. The number of rotatable bonds is 7. The van der Waals surface area contributed by atoms with Crippen molar-refractivity contribution >= 4 is 27.8 Å². The van der Waals surface area contributed by atoms with E-state index in [0.29, 0.717) is 25.5 Å². The first-order chi connectivity index (χ1) is 9.67. The lowest BCUT2D eigenvalue weighted by Gasteiger charge is -2.04. The Morgan fingerprint density at radius 3 is 2.85 bits per heavy atom. The second-order valence-corrected chi connectivity index (χ2v) is 4.56. The van der Waals surface area contributed by atoms with E-state index in [1.807, 2.05) is 6.07 Å². The molecule has 1 aromatic heterocycles. The number of halogens is 1. The van der Waals surface area contributed by atoms with E-state index in [-0.39, 0.29) is 5.57 Å². The summed E-state index contributed by atoms with van der Waals surface area (Å²) in [5.74, 6) is -0.152. The Morgan fingerprint density at radius 2 is 2.25 bits per heavy atom. The molecule has 0 bridgehead atoms. The van der Waals surface area contributed by atoms with Gasteiger partial charge in [-0.05, 0) is 22.4 Å². The van der Waals surface area contributed by atoms with Crippen LogP contribution in [0.1, 0.15) is 6.42 Å². The molecule has 0 fully saturated rings. The van der Waals surface area contributed by atoms with Gasteiger partial charge in [0.2, 0.25) is 5.95 Å². The Labute approximate surface area is 125 Å². The number of anilines is 1. The van der Waals surface area contributed by atoms with Crippen molar-refractivity contribution in [2.45, 2.75) is 6.42 Å². The van der Waals surface area contributed by atoms with Crippen LogP contribution in [-0.2, 0) is 9.53 Å². The van der Waals surface area contributed by atoms with Crippen LogP contribution in [0.5, 0.6) is 0 Å². The summed E-state index contributed by atoms with van der Waals surface area (Å²) in [5, 5.41) is 14.2. The predicted octanol–water partition coefficient (Wildman–Crippen LogP) is 1.21. The molecule has 0 aliphatic heterocycles. The number of hydrogen-bond donors (Lipinski definition) is 2. The fourth-order valence-corrected chi connectivity index (χ4v) is 1.39. The molecular weight excluding hydrogens is 326 g/mol. The van der Waals surface area contributed by atoms with Gasteiger partial charge in [0.1, 0.15) is 11.6 Å². The van der Waals surface area contributed by atoms with Crippen LogP contribution in [0, 0.1) is 11.3 Å². The van der Waals surface area contributed by atoms with Crippen molar-refractivity contribution < 1.29 is 9.53 Å². The maximum absolute atomic E-state index is 11.7. The summed E-state index contributed by atoms with van der Waals surface area (Å²) >= 11 is 3.21. The third-order valence-electron chi connectivity index (χ3n) is 2.14. The van der Waals surface area contributed by atoms with Gasteiger partial charge in [0.25, 0.3) is 5.91 Å². The molecule has 0 aliphatic carbocycles. The minimum atomic E-state index is -0.451. The van der Waals surface area contributed by atoms with E-state index in [1.54, 1.807) is 19.5 Å². The summed E-state index contributed by atoms with van der Waals surface area (Å²) in [5.41, 5.74) is -0.0473. The van der Waals surface area contributed by atoms with Gasteiger partial charge in [-0.25, -0.2) is 9.97 Å². The number of hydrogen-bond acceptors (Lipinski definition) is 6. The highest BCUT2D eigenvalue weighted by molar-refractivity contribution is 9.10. The molecule has 0 saturated carbocycles. The van der Waals surface area contributed by atoms with Crippen LogP contribution in [0.25, 0.3) is 0 Å². The van der Waals surface area contributed by atoms with Gasteiger partial charge in [-0.15, -0.1) is 0 Å². The Kier molecular flexibility index (Phi) is 7.24. The van der Waals surface area contributed by atoms with Gasteiger partial charge in [0, 0.05) is 38.9 Å². The van der Waals surface area contributed by atoms with E-state index >= 15 is 0 Å². The maximum Gasteiger partial charge on any atom is 0.263 e. The van der Waals surface area contributed by atoms with E-state index in [9.17, 15) is 4.79 Å². The van der Waals surface area contributed by atoms with Crippen LogP contribution in [0.4, 0.5) is 5.95 Å². The highest BCUT2D eigenvalue weighted by Crippen LogP contribution is 2.07. The number of nitrogens with zero attached hydrogens (tertiary/aromatic N) is 3. The quantitative estimate of drug-likeness (QED) is 0.440. The maximum atomic E-state index is 11.7. The monoisotopic (exact) mass is 339 g/mol. The van der Waals surface area contributed by atoms with Gasteiger partial charge < -0.3 is 15.4 Å². The lowest BCUT2D eigenvalue weighted by Crippen LogP contribution is -2.26. The predicted molar refractivity (Wildman–Crippen MR) is 76.6 cm³/mol. The zero-order chi connectivity index (χ0) is 14.8. The molecule has 1 rings (SSSR count). The van der Waals surface area contributed by atoms with Gasteiger partial charge >= 0.3 is 0 Å². The van der Waals surface area contributed by atoms with Gasteiger partial charge in [0.15, 0.2) is 0 Å². The van der Waals surface area contributed by atoms with E-state index in [4.69, 9.17) is 10.00 Å². The van der Waals surface area contributed by atoms with Gasteiger partial charge in [-0.1, -0.05) is 0 Å². The van der Waals surface area contributed by atoms with E-state index in [1.165, 1.54) is 6.20 Å².